The Bertz CT molecular complexity index is 527. The third-order valence-electron chi connectivity index (χ3n) is 3.00. The number of fused-ring (bicyclic) bond motifs is 1. The number of aromatic nitrogens is 2. The summed E-state index contributed by atoms with van der Waals surface area (Å²) in [5.74, 6) is 0.546. The molecule has 3 rings (SSSR count). The Balaban J connectivity index is 1.84. The fourth-order valence-corrected chi connectivity index (χ4v) is 2.45. The van der Waals surface area contributed by atoms with E-state index in [9.17, 15) is 4.39 Å². The second-order valence-corrected chi connectivity index (χ2v) is 5.22. The molecule has 1 aliphatic rings. The number of aromatic amines is 1. The zero-order valence-corrected chi connectivity index (χ0v) is 11.3. The minimum absolute atomic E-state index is 0.132. The molecule has 1 fully saturated rings. The van der Waals surface area contributed by atoms with Gasteiger partial charge in [-0.05, 0) is 22.0 Å². The Hall–Kier alpha value is -0.980. The number of hydrogen-bond donors (Lipinski definition) is 2. The van der Waals surface area contributed by atoms with E-state index in [2.05, 4.69) is 31.2 Å². The van der Waals surface area contributed by atoms with Gasteiger partial charge in [0, 0.05) is 25.6 Å². The molecule has 1 aromatic carbocycles. The predicted molar refractivity (Wildman–Crippen MR) is 70.1 cm³/mol. The lowest BCUT2D eigenvalue weighted by atomic mass is 10.2. The van der Waals surface area contributed by atoms with Crippen molar-refractivity contribution in [2.75, 3.05) is 19.7 Å². The van der Waals surface area contributed by atoms with E-state index in [1.165, 1.54) is 6.07 Å². The van der Waals surface area contributed by atoms with Crippen molar-refractivity contribution >= 4 is 27.0 Å². The lowest BCUT2D eigenvalue weighted by Gasteiger charge is -2.22. The van der Waals surface area contributed by atoms with E-state index in [4.69, 9.17) is 4.74 Å². The number of rotatable bonds is 2. The summed E-state index contributed by atoms with van der Waals surface area (Å²) >= 11 is 3.16. The first-order valence-corrected chi connectivity index (χ1v) is 6.67. The van der Waals surface area contributed by atoms with Crippen LogP contribution in [0.2, 0.25) is 0 Å². The summed E-state index contributed by atoms with van der Waals surface area (Å²) < 4.78 is 19.4. The number of nitrogens with one attached hydrogen (secondary N) is 2. The number of H-pyrrole nitrogens is 1. The molecule has 1 aromatic heterocycles. The monoisotopic (exact) mass is 313 g/mol. The van der Waals surface area contributed by atoms with Crippen molar-refractivity contribution in [1.82, 2.24) is 15.3 Å². The van der Waals surface area contributed by atoms with Crippen LogP contribution < -0.4 is 5.32 Å². The Morgan fingerprint density at radius 2 is 2.39 bits per heavy atom. The van der Waals surface area contributed by atoms with Crippen molar-refractivity contribution in [1.29, 1.82) is 0 Å². The number of morpholine rings is 1. The summed E-state index contributed by atoms with van der Waals surface area (Å²) in [6, 6.07) is 3.14. The molecule has 18 heavy (non-hydrogen) atoms. The molecule has 1 atom stereocenters. The lowest BCUT2D eigenvalue weighted by Crippen LogP contribution is -2.39. The molecule has 0 bridgehead atoms. The second kappa shape index (κ2) is 4.95. The Labute approximate surface area is 112 Å². The standard InChI is InChI=1S/C12H13BrFN3O/c13-8-4-10-11(5-9(8)14)17-12(16-10)3-7-6-15-1-2-18-7/h4-5,7,15H,1-3,6H2,(H,16,17). The first kappa shape index (κ1) is 12.1. The van der Waals surface area contributed by atoms with Crippen molar-refractivity contribution in [3.05, 3.63) is 28.2 Å². The first-order chi connectivity index (χ1) is 8.72. The molecule has 0 radical (unpaired) electrons. The van der Waals surface area contributed by atoms with Crippen LogP contribution in [-0.2, 0) is 11.2 Å². The van der Waals surface area contributed by atoms with E-state index in [-0.39, 0.29) is 11.9 Å². The number of benzene rings is 1. The van der Waals surface area contributed by atoms with Gasteiger partial charge in [0.15, 0.2) is 0 Å². The van der Waals surface area contributed by atoms with E-state index < -0.39 is 0 Å². The number of ether oxygens (including phenoxy) is 1. The highest BCUT2D eigenvalue weighted by Gasteiger charge is 2.16. The van der Waals surface area contributed by atoms with E-state index >= 15 is 0 Å². The quantitative estimate of drug-likeness (QED) is 0.891. The van der Waals surface area contributed by atoms with E-state index in [0.717, 1.165) is 36.6 Å². The highest BCUT2D eigenvalue weighted by Crippen LogP contribution is 2.22. The van der Waals surface area contributed by atoms with Gasteiger partial charge < -0.3 is 15.0 Å². The molecule has 0 saturated carbocycles. The zero-order chi connectivity index (χ0) is 12.5. The van der Waals surface area contributed by atoms with Gasteiger partial charge in [0.2, 0.25) is 0 Å². The normalized spacial score (nSPS) is 20.4. The third-order valence-corrected chi connectivity index (χ3v) is 3.61. The fourth-order valence-electron chi connectivity index (χ4n) is 2.12. The van der Waals surface area contributed by atoms with Gasteiger partial charge in [0.1, 0.15) is 11.6 Å². The van der Waals surface area contributed by atoms with Crippen LogP contribution in [0.5, 0.6) is 0 Å². The predicted octanol–water partition coefficient (Wildman–Crippen LogP) is 2.00. The summed E-state index contributed by atoms with van der Waals surface area (Å²) in [7, 11) is 0. The summed E-state index contributed by atoms with van der Waals surface area (Å²) in [6.45, 7) is 2.45. The summed E-state index contributed by atoms with van der Waals surface area (Å²) in [6.07, 6.45) is 0.841. The van der Waals surface area contributed by atoms with Crippen molar-refractivity contribution in [2.24, 2.45) is 0 Å². The minimum Gasteiger partial charge on any atom is -0.375 e. The van der Waals surface area contributed by atoms with Crippen LogP contribution >= 0.6 is 15.9 Å². The SMILES string of the molecule is Fc1cc2[nH]c(CC3CNCCO3)nc2cc1Br. The van der Waals surface area contributed by atoms with Gasteiger partial charge in [-0.1, -0.05) is 0 Å². The molecule has 0 aliphatic carbocycles. The smallest absolute Gasteiger partial charge is 0.139 e. The summed E-state index contributed by atoms with van der Waals surface area (Å²) in [5, 5.41) is 3.27. The zero-order valence-electron chi connectivity index (χ0n) is 9.67. The van der Waals surface area contributed by atoms with Crippen molar-refractivity contribution in [2.45, 2.75) is 12.5 Å². The lowest BCUT2D eigenvalue weighted by molar-refractivity contribution is 0.0282. The number of hydrogen-bond acceptors (Lipinski definition) is 3. The second-order valence-electron chi connectivity index (χ2n) is 4.37. The fraction of sp³-hybridized carbons (Fsp3) is 0.417. The van der Waals surface area contributed by atoms with Gasteiger partial charge in [0.05, 0.1) is 28.2 Å². The van der Waals surface area contributed by atoms with Crippen molar-refractivity contribution in [3.63, 3.8) is 0 Å². The molecule has 0 spiro atoms. The Kier molecular flexibility index (Phi) is 3.32. The summed E-state index contributed by atoms with van der Waals surface area (Å²) in [5.41, 5.74) is 1.48. The van der Waals surface area contributed by atoms with Crippen LogP contribution in [0.3, 0.4) is 0 Å². The average molecular weight is 314 g/mol. The Morgan fingerprint density at radius 3 is 3.17 bits per heavy atom. The number of imidazole rings is 1. The third kappa shape index (κ3) is 2.41. The van der Waals surface area contributed by atoms with Crippen LogP contribution in [0, 0.1) is 5.82 Å². The molecule has 96 valence electrons. The number of halogens is 2. The molecule has 2 heterocycles. The minimum atomic E-state index is -0.284. The highest BCUT2D eigenvalue weighted by molar-refractivity contribution is 9.10. The van der Waals surface area contributed by atoms with Gasteiger partial charge in [-0.15, -0.1) is 0 Å². The van der Waals surface area contributed by atoms with Gasteiger partial charge in [0.25, 0.3) is 0 Å². The maximum atomic E-state index is 13.4. The molecular formula is C12H13BrFN3O. The molecule has 1 unspecified atom stereocenters. The highest BCUT2D eigenvalue weighted by atomic mass is 79.9. The maximum Gasteiger partial charge on any atom is 0.139 e. The molecule has 1 saturated heterocycles. The number of nitrogens with zero attached hydrogens (tertiary/aromatic N) is 1. The van der Waals surface area contributed by atoms with E-state index in [0.29, 0.717) is 10.9 Å². The summed E-state index contributed by atoms with van der Waals surface area (Å²) in [4.78, 5) is 7.58. The first-order valence-electron chi connectivity index (χ1n) is 5.88. The molecular weight excluding hydrogens is 301 g/mol. The van der Waals surface area contributed by atoms with Gasteiger partial charge >= 0.3 is 0 Å². The van der Waals surface area contributed by atoms with Gasteiger partial charge in [-0.3, -0.25) is 0 Å². The molecule has 4 nitrogen and oxygen atoms in total. The van der Waals surface area contributed by atoms with Crippen LogP contribution in [0.1, 0.15) is 5.82 Å². The molecule has 2 aromatic rings. The molecule has 0 amide bonds. The van der Waals surface area contributed by atoms with Gasteiger partial charge in [-0.25, -0.2) is 9.37 Å². The van der Waals surface area contributed by atoms with Crippen LogP contribution in [-0.4, -0.2) is 35.8 Å². The van der Waals surface area contributed by atoms with Crippen molar-refractivity contribution < 1.29 is 9.13 Å². The largest absolute Gasteiger partial charge is 0.375 e. The molecule has 6 heteroatoms. The van der Waals surface area contributed by atoms with Crippen LogP contribution in [0.15, 0.2) is 16.6 Å². The molecule has 2 N–H and O–H groups in total. The maximum absolute atomic E-state index is 13.4. The molecule has 1 aliphatic heterocycles. The van der Waals surface area contributed by atoms with Gasteiger partial charge in [-0.2, -0.15) is 0 Å². The van der Waals surface area contributed by atoms with Crippen LogP contribution in [0.4, 0.5) is 4.39 Å². The average Bonchev–Trinajstić information content (AvgIpc) is 2.72. The topological polar surface area (TPSA) is 49.9 Å². The van der Waals surface area contributed by atoms with E-state index in [1.54, 1.807) is 6.07 Å². The van der Waals surface area contributed by atoms with E-state index in [1.807, 2.05) is 0 Å². The Morgan fingerprint density at radius 1 is 1.50 bits per heavy atom. The van der Waals surface area contributed by atoms with Crippen LogP contribution in [0.25, 0.3) is 11.0 Å². The van der Waals surface area contributed by atoms with Crippen molar-refractivity contribution in [3.8, 4) is 0 Å².